The van der Waals surface area contributed by atoms with Gasteiger partial charge < -0.3 is 14.4 Å². The molecule has 2 aromatic rings. The summed E-state index contributed by atoms with van der Waals surface area (Å²) >= 11 is 6.12. The van der Waals surface area contributed by atoms with E-state index in [2.05, 4.69) is 9.80 Å². The molecule has 170 valence electrons. The van der Waals surface area contributed by atoms with E-state index in [0.717, 1.165) is 37.4 Å². The SMILES string of the molecule is COc1ccc(CCN2C(=O)C[C@@H](N3CCN(c4cccc(Cl)c4)CC3)C2=O)cc1OC. The molecule has 2 amide bonds. The molecule has 2 heterocycles. The number of hydrogen-bond acceptors (Lipinski definition) is 6. The van der Waals surface area contributed by atoms with E-state index in [1.54, 1.807) is 14.2 Å². The third-order valence-corrected chi connectivity index (χ3v) is 6.46. The number of ether oxygens (including phenoxy) is 2. The minimum atomic E-state index is -0.366. The third-order valence-electron chi connectivity index (χ3n) is 6.22. The Bertz CT molecular complexity index is 991. The van der Waals surface area contributed by atoms with Crippen LogP contribution >= 0.6 is 11.6 Å². The standard InChI is InChI=1S/C24H28ClN3O4/c1-31-21-7-6-17(14-22(21)32-2)8-9-28-23(29)16-20(24(28)30)27-12-10-26(11-13-27)19-5-3-4-18(25)15-19/h3-7,14-15,20H,8-13,16H2,1-2H3/t20-/m1/s1. The summed E-state index contributed by atoms with van der Waals surface area (Å²) in [5.41, 5.74) is 2.07. The summed E-state index contributed by atoms with van der Waals surface area (Å²) in [6.45, 7) is 3.43. The number of methoxy groups -OCH3 is 2. The molecule has 0 radical (unpaired) electrons. The highest BCUT2D eigenvalue weighted by molar-refractivity contribution is 6.30. The summed E-state index contributed by atoms with van der Waals surface area (Å²) in [6, 6.07) is 13.1. The van der Waals surface area contributed by atoms with Gasteiger partial charge in [-0.2, -0.15) is 0 Å². The van der Waals surface area contributed by atoms with Crippen LogP contribution in [0.4, 0.5) is 5.69 Å². The van der Waals surface area contributed by atoms with Crippen LogP contribution in [0.3, 0.4) is 0 Å². The molecule has 32 heavy (non-hydrogen) atoms. The lowest BCUT2D eigenvalue weighted by molar-refractivity contribution is -0.139. The molecular weight excluding hydrogens is 430 g/mol. The maximum absolute atomic E-state index is 13.0. The van der Waals surface area contributed by atoms with Gasteiger partial charge in [0.25, 0.3) is 0 Å². The van der Waals surface area contributed by atoms with Crippen molar-refractivity contribution in [1.82, 2.24) is 9.80 Å². The highest BCUT2D eigenvalue weighted by atomic mass is 35.5. The zero-order valence-electron chi connectivity index (χ0n) is 18.4. The normalized spacial score (nSPS) is 19.5. The zero-order chi connectivity index (χ0) is 22.7. The van der Waals surface area contributed by atoms with Gasteiger partial charge in [0.2, 0.25) is 11.8 Å². The number of imide groups is 1. The lowest BCUT2D eigenvalue weighted by Crippen LogP contribution is -2.52. The lowest BCUT2D eigenvalue weighted by Gasteiger charge is -2.38. The number of halogens is 1. The number of rotatable bonds is 7. The summed E-state index contributed by atoms with van der Waals surface area (Å²) in [5.74, 6) is 1.10. The molecule has 1 atom stereocenters. The minimum absolute atomic E-state index is 0.0910. The molecule has 0 bridgehead atoms. The zero-order valence-corrected chi connectivity index (χ0v) is 19.2. The summed E-state index contributed by atoms with van der Waals surface area (Å²) < 4.78 is 10.6. The predicted octanol–water partition coefficient (Wildman–Crippen LogP) is 2.85. The van der Waals surface area contributed by atoms with Gasteiger partial charge in [0.1, 0.15) is 0 Å². The molecule has 0 spiro atoms. The van der Waals surface area contributed by atoms with Crippen LogP contribution in [0, 0.1) is 0 Å². The molecule has 0 N–H and O–H groups in total. The Balaban J connectivity index is 1.34. The van der Waals surface area contributed by atoms with Crippen molar-refractivity contribution >= 4 is 29.1 Å². The van der Waals surface area contributed by atoms with Gasteiger partial charge in [-0.1, -0.05) is 23.7 Å². The maximum atomic E-state index is 13.0. The van der Waals surface area contributed by atoms with Crippen LogP contribution in [-0.2, 0) is 16.0 Å². The Morgan fingerprint density at radius 1 is 0.969 bits per heavy atom. The van der Waals surface area contributed by atoms with Gasteiger partial charge in [-0.05, 0) is 42.3 Å². The topological polar surface area (TPSA) is 62.3 Å². The first-order valence-electron chi connectivity index (χ1n) is 10.8. The van der Waals surface area contributed by atoms with E-state index >= 15 is 0 Å². The maximum Gasteiger partial charge on any atom is 0.247 e. The molecule has 2 aliphatic rings. The van der Waals surface area contributed by atoms with E-state index in [1.807, 2.05) is 42.5 Å². The first-order valence-corrected chi connectivity index (χ1v) is 11.2. The van der Waals surface area contributed by atoms with Crippen LogP contribution in [0.5, 0.6) is 11.5 Å². The number of carbonyl (C=O) groups is 2. The van der Waals surface area contributed by atoms with Gasteiger partial charge in [-0.25, -0.2) is 0 Å². The number of amides is 2. The number of nitrogens with zero attached hydrogens (tertiary/aromatic N) is 3. The number of anilines is 1. The number of hydrogen-bond donors (Lipinski definition) is 0. The summed E-state index contributed by atoms with van der Waals surface area (Å²) in [5, 5.41) is 0.714. The molecular formula is C24H28ClN3O4. The van der Waals surface area contributed by atoms with Crippen LogP contribution in [-0.4, -0.2) is 74.6 Å². The molecule has 2 aromatic carbocycles. The summed E-state index contributed by atoms with van der Waals surface area (Å²) in [7, 11) is 3.18. The first-order chi connectivity index (χ1) is 15.5. The van der Waals surface area contributed by atoms with Crippen molar-refractivity contribution in [1.29, 1.82) is 0 Å². The van der Waals surface area contributed by atoms with Crippen molar-refractivity contribution in [2.24, 2.45) is 0 Å². The van der Waals surface area contributed by atoms with Gasteiger partial charge in [0.05, 0.1) is 26.7 Å². The number of carbonyl (C=O) groups excluding carboxylic acids is 2. The molecule has 2 fully saturated rings. The van der Waals surface area contributed by atoms with Crippen molar-refractivity contribution in [3.8, 4) is 11.5 Å². The second-order valence-electron chi connectivity index (χ2n) is 8.05. The van der Waals surface area contributed by atoms with E-state index in [9.17, 15) is 9.59 Å². The van der Waals surface area contributed by atoms with Crippen molar-refractivity contribution in [3.05, 3.63) is 53.1 Å². The van der Waals surface area contributed by atoms with Gasteiger partial charge in [0.15, 0.2) is 11.5 Å². The number of likely N-dealkylation sites (tertiary alicyclic amines) is 1. The van der Waals surface area contributed by atoms with E-state index in [4.69, 9.17) is 21.1 Å². The van der Waals surface area contributed by atoms with Gasteiger partial charge in [-0.15, -0.1) is 0 Å². The first kappa shape index (κ1) is 22.4. The van der Waals surface area contributed by atoms with E-state index in [1.165, 1.54) is 4.90 Å². The van der Waals surface area contributed by atoms with Gasteiger partial charge >= 0.3 is 0 Å². The molecule has 0 saturated carbocycles. The van der Waals surface area contributed by atoms with E-state index in [-0.39, 0.29) is 24.3 Å². The van der Waals surface area contributed by atoms with Crippen LogP contribution in [0.25, 0.3) is 0 Å². The molecule has 0 unspecified atom stereocenters. The molecule has 0 aliphatic carbocycles. The fraction of sp³-hybridized carbons (Fsp3) is 0.417. The fourth-order valence-electron chi connectivity index (χ4n) is 4.43. The number of piperazine rings is 1. The average molecular weight is 458 g/mol. The molecule has 2 aliphatic heterocycles. The lowest BCUT2D eigenvalue weighted by atomic mass is 10.1. The Labute approximate surface area is 193 Å². The monoisotopic (exact) mass is 457 g/mol. The highest BCUT2D eigenvalue weighted by Crippen LogP contribution is 2.28. The minimum Gasteiger partial charge on any atom is -0.493 e. The summed E-state index contributed by atoms with van der Waals surface area (Å²) in [6.07, 6.45) is 0.828. The second kappa shape index (κ2) is 9.79. The second-order valence-corrected chi connectivity index (χ2v) is 8.48. The van der Waals surface area contributed by atoms with Crippen LogP contribution < -0.4 is 14.4 Å². The van der Waals surface area contributed by atoms with E-state index in [0.29, 0.717) is 29.5 Å². The highest BCUT2D eigenvalue weighted by Gasteiger charge is 2.42. The van der Waals surface area contributed by atoms with Crippen molar-refractivity contribution in [2.75, 3.05) is 51.8 Å². The third kappa shape index (κ3) is 4.69. The van der Waals surface area contributed by atoms with E-state index < -0.39 is 0 Å². The van der Waals surface area contributed by atoms with Crippen molar-refractivity contribution < 1.29 is 19.1 Å². The van der Waals surface area contributed by atoms with Gasteiger partial charge in [0, 0.05) is 43.4 Å². The van der Waals surface area contributed by atoms with Crippen molar-refractivity contribution in [2.45, 2.75) is 18.9 Å². The van der Waals surface area contributed by atoms with Gasteiger partial charge in [-0.3, -0.25) is 19.4 Å². The van der Waals surface area contributed by atoms with Crippen molar-refractivity contribution in [3.63, 3.8) is 0 Å². The molecule has 4 rings (SSSR count). The van der Waals surface area contributed by atoms with Crippen LogP contribution in [0.15, 0.2) is 42.5 Å². The Morgan fingerprint density at radius 3 is 2.41 bits per heavy atom. The quantitative estimate of drug-likeness (QED) is 0.596. The summed E-state index contributed by atoms with van der Waals surface area (Å²) in [4.78, 5) is 31.5. The average Bonchev–Trinajstić information content (AvgIpc) is 3.10. The Kier molecular flexibility index (Phi) is 6.86. The number of benzene rings is 2. The predicted molar refractivity (Wildman–Crippen MR) is 124 cm³/mol. The molecule has 0 aromatic heterocycles. The smallest absolute Gasteiger partial charge is 0.247 e. The Hall–Kier alpha value is -2.77. The Morgan fingerprint density at radius 2 is 1.72 bits per heavy atom. The largest absolute Gasteiger partial charge is 0.493 e. The van der Waals surface area contributed by atoms with Crippen LogP contribution in [0.1, 0.15) is 12.0 Å². The molecule has 7 nitrogen and oxygen atoms in total. The molecule has 8 heteroatoms. The van der Waals surface area contributed by atoms with Crippen LogP contribution in [0.2, 0.25) is 5.02 Å². The fourth-order valence-corrected chi connectivity index (χ4v) is 4.61. The molecule has 2 saturated heterocycles.